The Morgan fingerprint density at radius 1 is 1.08 bits per heavy atom. The van der Waals surface area contributed by atoms with Crippen LogP contribution in [0.3, 0.4) is 0 Å². The molecule has 0 aromatic heterocycles. The Morgan fingerprint density at radius 2 is 1.69 bits per heavy atom. The molecule has 0 saturated carbocycles. The molecule has 1 aromatic carbocycles. The summed E-state index contributed by atoms with van der Waals surface area (Å²) >= 11 is 3.46. The lowest BCUT2D eigenvalue weighted by Gasteiger charge is -2.20. The van der Waals surface area contributed by atoms with E-state index in [9.17, 15) is 0 Å². The van der Waals surface area contributed by atoms with Crippen LogP contribution in [0.25, 0.3) is 0 Å². The Kier molecular flexibility index (Phi) is 3.01. The summed E-state index contributed by atoms with van der Waals surface area (Å²) in [6.45, 7) is 2.58. The predicted molar refractivity (Wildman–Crippen MR) is 57.8 cm³/mol. The van der Waals surface area contributed by atoms with Gasteiger partial charge in [0, 0.05) is 17.3 Å². The molecule has 0 amide bonds. The molecule has 0 aliphatic carbocycles. The third-order valence-corrected chi connectivity index (χ3v) is 3.31. The standard InChI is InChI=1S/C11H14BrN/c12-11-3-1-9(2-4-11)10-5-7-13-8-6-10/h1-4,10,13H,5-8H2/p+1. The highest BCUT2D eigenvalue weighted by Crippen LogP contribution is 2.24. The second kappa shape index (κ2) is 4.25. The predicted octanol–water partition coefficient (Wildman–Crippen LogP) is 1.89. The highest BCUT2D eigenvalue weighted by atomic mass is 79.9. The summed E-state index contributed by atoms with van der Waals surface area (Å²) in [5.74, 6) is 0.804. The number of halogens is 1. The molecule has 1 fully saturated rings. The second-order valence-corrected chi connectivity index (χ2v) is 4.61. The number of hydrogen-bond acceptors (Lipinski definition) is 0. The third kappa shape index (κ3) is 2.32. The van der Waals surface area contributed by atoms with Crippen molar-refractivity contribution in [1.82, 2.24) is 0 Å². The maximum atomic E-state index is 3.46. The van der Waals surface area contributed by atoms with Crippen LogP contribution in [0.5, 0.6) is 0 Å². The summed E-state index contributed by atoms with van der Waals surface area (Å²) in [4.78, 5) is 0. The number of benzene rings is 1. The third-order valence-electron chi connectivity index (χ3n) is 2.78. The molecule has 2 heteroatoms. The minimum absolute atomic E-state index is 0.804. The van der Waals surface area contributed by atoms with Gasteiger partial charge in [0.15, 0.2) is 0 Å². The van der Waals surface area contributed by atoms with Crippen molar-refractivity contribution in [3.8, 4) is 0 Å². The van der Waals surface area contributed by atoms with Crippen LogP contribution in [0, 0.1) is 0 Å². The number of rotatable bonds is 1. The van der Waals surface area contributed by atoms with E-state index in [0.29, 0.717) is 0 Å². The minimum atomic E-state index is 0.804. The van der Waals surface area contributed by atoms with Crippen LogP contribution in [0.15, 0.2) is 28.7 Å². The average molecular weight is 241 g/mol. The number of piperidine rings is 1. The highest BCUT2D eigenvalue weighted by molar-refractivity contribution is 9.10. The lowest BCUT2D eigenvalue weighted by molar-refractivity contribution is -0.663. The first kappa shape index (κ1) is 9.22. The van der Waals surface area contributed by atoms with Crippen LogP contribution < -0.4 is 5.32 Å². The molecule has 2 rings (SSSR count). The first-order valence-corrected chi connectivity index (χ1v) is 5.73. The molecule has 1 aromatic rings. The van der Waals surface area contributed by atoms with E-state index in [-0.39, 0.29) is 0 Å². The van der Waals surface area contributed by atoms with E-state index in [1.807, 2.05) is 0 Å². The molecule has 0 unspecified atom stereocenters. The molecule has 70 valence electrons. The molecule has 1 nitrogen and oxygen atoms in total. The maximum Gasteiger partial charge on any atom is 0.0761 e. The summed E-state index contributed by atoms with van der Waals surface area (Å²) in [5, 5.41) is 2.41. The molecular weight excluding hydrogens is 226 g/mol. The fourth-order valence-electron chi connectivity index (χ4n) is 2.00. The van der Waals surface area contributed by atoms with Crippen LogP contribution in [-0.2, 0) is 0 Å². The molecule has 13 heavy (non-hydrogen) atoms. The van der Waals surface area contributed by atoms with Crippen molar-refractivity contribution in [3.63, 3.8) is 0 Å². The zero-order valence-electron chi connectivity index (χ0n) is 7.67. The lowest BCUT2D eigenvalue weighted by Crippen LogP contribution is -2.86. The fraction of sp³-hybridized carbons (Fsp3) is 0.455. The Bertz CT molecular complexity index is 262. The van der Waals surface area contributed by atoms with Gasteiger partial charge < -0.3 is 5.32 Å². The summed E-state index contributed by atoms with van der Waals surface area (Å²) < 4.78 is 1.18. The summed E-state index contributed by atoms with van der Waals surface area (Å²) in [5.41, 5.74) is 1.51. The van der Waals surface area contributed by atoms with Crippen LogP contribution >= 0.6 is 15.9 Å². The van der Waals surface area contributed by atoms with Gasteiger partial charge in [-0.3, -0.25) is 0 Å². The Labute approximate surface area is 87.7 Å². The highest BCUT2D eigenvalue weighted by Gasteiger charge is 2.16. The van der Waals surface area contributed by atoms with Crippen molar-refractivity contribution in [1.29, 1.82) is 0 Å². The van der Waals surface area contributed by atoms with Gasteiger partial charge in [0.1, 0.15) is 0 Å². The molecule has 1 heterocycles. The Morgan fingerprint density at radius 3 is 2.31 bits per heavy atom. The van der Waals surface area contributed by atoms with Gasteiger partial charge in [-0.25, -0.2) is 0 Å². The van der Waals surface area contributed by atoms with Crippen molar-refractivity contribution in [2.45, 2.75) is 18.8 Å². The van der Waals surface area contributed by atoms with Crippen molar-refractivity contribution < 1.29 is 5.32 Å². The molecule has 1 aliphatic rings. The lowest BCUT2D eigenvalue weighted by atomic mass is 9.90. The summed E-state index contributed by atoms with van der Waals surface area (Å²) in [6, 6.07) is 8.79. The van der Waals surface area contributed by atoms with Gasteiger partial charge in [-0.1, -0.05) is 28.1 Å². The minimum Gasteiger partial charge on any atom is -0.346 e. The van der Waals surface area contributed by atoms with E-state index in [4.69, 9.17) is 0 Å². The summed E-state index contributed by atoms with van der Waals surface area (Å²) in [7, 11) is 0. The van der Waals surface area contributed by atoms with Crippen LogP contribution in [0.4, 0.5) is 0 Å². The quantitative estimate of drug-likeness (QED) is 0.773. The number of hydrogen-bond donors (Lipinski definition) is 1. The fourth-order valence-corrected chi connectivity index (χ4v) is 2.26. The van der Waals surface area contributed by atoms with Crippen molar-refractivity contribution in [2.75, 3.05) is 13.1 Å². The van der Waals surface area contributed by atoms with Gasteiger partial charge in [-0.2, -0.15) is 0 Å². The zero-order valence-corrected chi connectivity index (χ0v) is 9.26. The molecule has 2 N–H and O–H groups in total. The Balaban J connectivity index is 2.10. The molecular formula is C11H15BrN+. The monoisotopic (exact) mass is 240 g/mol. The second-order valence-electron chi connectivity index (χ2n) is 3.69. The normalized spacial score (nSPS) is 18.8. The van der Waals surface area contributed by atoms with E-state index < -0.39 is 0 Å². The van der Waals surface area contributed by atoms with Gasteiger partial charge in [0.25, 0.3) is 0 Å². The maximum absolute atomic E-state index is 3.46. The van der Waals surface area contributed by atoms with E-state index in [0.717, 1.165) is 5.92 Å². The summed E-state index contributed by atoms with van der Waals surface area (Å²) in [6.07, 6.45) is 2.67. The van der Waals surface area contributed by atoms with Crippen LogP contribution in [0.1, 0.15) is 24.3 Å². The van der Waals surface area contributed by atoms with Crippen LogP contribution in [0.2, 0.25) is 0 Å². The van der Waals surface area contributed by atoms with Gasteiger partial charge in [0.05, 0.1) is 13.1 Å². The SMILES string of the molecule is Brc1ccc(C2CC[NH2+]CC2)cc1. The average Bonchev–Trinajstić information content (AvgIpc) is 2.20. The van der Waals surface area contributed by atoms with E-state index >= 15 is 0 Å². The van der Waals surface area contributed by atoms with Gasteiger partial charge >= 0.3 is 0 Å². The van der Waals surface area contributed by atoms with Gasteiger partial charge in [0.2, 0.25) is 0 Å². The number of quaternary nitrogens is 1. The first-order valence-electron chi connectivity index (χ1n) is 4.93. The topological polar surface area (TPSA) is 16.6 Å². The van der Waals surface area contributed by atoms with Crippen molar-refractivity contribution >= 4 is 15.9 Å². The largest absolute Gasteiger partial charge is 0.346 e. The van der Waals surface area contributed by atoms with Crippen molar-refractivity contribution in [2.24, 2.45) is 0 Å². The molecule has 1 saturated heterocycles. The molecule has 0 atom stereocenters. The van der Waals surface area contributed by atoms with E-state index in [1.165, 1.54) is 36.0 Å². The van der Waals surface area contributed by atoms with Gasteiger partial charge in [-0.05, 0) is 23.6 Å². The molecule has 0 radical (unpaired) electrons. The van der Waals surface area contributed by atoms with Gasteiger partial charge in [-0.15, -0.1) is 0 Å². The zero-order chi connectivity index (χ0) is 9.10. The molecule has 0 bridgehead atoms. The smallest absolute Gasteiger partial charge is 0.0761 e. The molecule has 1 aliphatic heterocycles. The molecule has 0 spiro atoms. The van der Waals surface area contributed by atoms with E-state index in [2.05, 4.69) is 45.5 Å². The van der Waals surface area contributed by atoms with Crippen LogP contribution in [-0.4, -0.2) is 13.1 Å². The Hall–Kier alpha value is -0.340. The first-order chi connectivity index (χ1) is 6.36. The number of nitrogens with two attached hydrogens (primary N) is 1. The van der Waals surface area contributed by atoms with E-state index in [1.54, 1.807) is 0 Å². The van der Waals surface area contributed by atoms with Crippen molar-refractivity contribution in [3.05, 3.63) is 34.3 Å².